The Balaban J connectivity index is 1.35. The van der Waals surface area contributed by atoms with Gasteiger partial charge in [0.15, 0.2) is 0 Å². The second-order valence-electron chi connectivity index (χ2n) is 12.1. The molecule has 0 aromatic heterocycles. The van der Waals surface area contributed by atoms with E-state index in [4.69, 9.17) is 9.47 Å². The molecule has 3 aromatic carbocycles. The van der Waals surface area contributed by atoms with Gasteiger partial charge in [-0.25, -0.2) is 0 Å². The molecule has 0 bridgehead atoms. The monoisotopic (exact) mass is 555 g/mol. The van der Waals surface area contributed by atoms with Crippen LogP contribution in [0.3, 0.4) is 0 Å². The third-order valence-corrected chi connectivity index (χ3v) is 9.38. The van der Waals surface area contributed by atoms with E-state index in [-0.39, 0.29) is 17.9 Å². The van der Waals surface area contributed by atoms with Crippen LogP contribution in [-0.4, -0.2) is 37.9 Å². The Morgan fingerprint density at radius 1 is 0.780 bits per heavy atom. The summed E-state index contributed by atoms with van der Waals surface area (Å²) in [5, 5.41) is 10.1. The van der Waals surface area contributed by atoms with Crippen LogP contribution in [-0.2, 0) is 4.79 Å². The minimum absolute atomic E-state index is 0.0242. The van der Waals surface area contributed by atoms with Crippen molar-refractivity contribution in [1.29, 1.82) is 0 Å². The van der Waals surface area contributed by atoms with Gasteiger partial charge in [-0.2, -0.15) is 0 Å². The Bertz CT molecular complexity index is 1340. The van der Waals surface area contributed by atoms with Crippen molar-refractivity contribution >= 4 is 11.6 Å². The van der Waals surface area contributed by atoms with Crippen LogP contribution in [0.2, 0.25) is 0 Å². The largest absolute Gasteiger partial charge is 0.496 e. The first-order chi connectivity index (χ1) is 19.9. The second-order valence-corrected chi connectivity index (χ2v) is 12.1. The number of carbonyl (C=O) groups is 1. The summed E-state index contributed by atoms with van der Waals surface area (Å²) in [5.41, 5.74) is 6.87. The lowest BCUT2D eigenvalue weighted by Gasteiger charge is -2.36. The van der Waals surface area contributed by atoms with Gasteiger partial charge in [-0.1, -0.05) is 30.3 Å². The van der Waals surface area contributed by atoms with E-state index in [1.807, 2.05) is 6.07 Å². The lowest BCUT2D eigenvalue weighted by atomic mass is 9.78. The quantitative estimate of drug-likeness (QED) is 0.308. The first kappa shape index (κ1) is 29.2. The van der Waals surface area contributed by atoms with Crippen LogP contribution in [0.5, 0.6) is 11.5 Å². The van der Waals surface area contributed by atoms with E-state index in [0.29, 0.717) is 24.7 Å². The standard InChI is InChI=1S/C36H45NO4/c1-24-20-30(14-18-34(24)40-3)27-10-8-26(9-11-27)23-37(36(39)28-12-16-33(38)17-13-28)32-7-5-6-29(22-32)31-15-19-35(41-4)25(2)21-31/h5-7,14-15,18-22,26-28,33,38H,8-13,16-17,23H2,1-4H3. The van der Waals surface area contributed by atoms with Crippen LogP contribution in [0, 0.1) is 25.7 Å². The number of hydrogen-bond donors (Lipinski definition) is 1. The Morgan fingerprint density at radius 2 is 1.41 bits per heavy atom. The average Bonchev–Trinajstić information content (AvgIpc) is 3.00. The molecule has 2 saturated carbocycles. The number of hydrogen-bond acceptors (Lipinski definition) is 4. The number of amides is 1. The zero-order chi connectivity index (χ0) is 28.9. The van der Waals surface area contributed by atoms with Crippen molar-refractivity contribution in [3.63, 3.8) is 0 Å². The SMILES string of the molecule is COc1ccc(-c2cccc(N(CC3CCC(c4ccc(OC)c(C)c4)CC3)C(=O)C3CCC(O)CC3)c2)cc1C. The lowest BCUT2D eigenvalue weighted by molar-refractivity contribution is -0.124. The first-order valence-electron chi connectivity index (χ1n) is 15.2. The van der Waals surface area contributed by atoms with Crippen LogP contribution in [0.15, 0.2) is 60.7 Å². The number of methoxy groups -OCH3 is 2. The minimum atomic E-state index is -0.272. The maximum absolute atomic E-state index is 14.1. The summed E-state index contributed by atoms with van der Waals surface area (Å²) < 4.78 is 10.9. The predicted molar refractivity (Wildman–Crippen MR) is 166 cm³/mol. The molecule has 5 nitrogen and oxygen atoms in total. The van der Waals surface area contributed by atoms with Gasteiger partial charge in [0.25, 0.3) is 0 Å². The second kappa shape index (κ2) is 13.1. The number of ether oxygens (including phenoxy) is 2. The molecule has 2 fully saturated rings. The number of carbonyl (C=O) groups excluding carboxylic acids is 1. The van der Waals surface area contributed by atoms with Crippen molar-refractivity contribution in [3.05, 3.63) is 77.4 Å². The van der Waals surface area contributed by atoms with Crippen LogP contribution in [0.25, 0.3) is 11.1 Å². The molecule has 0 unspecified atom stereocenters. The van der Waals surface area contributed by atoms with Gasteiger partial charge in [0.2, 0.25) is 5.91 Å². The third-order valence-electron chi connectivity index (χ3n) is 9.38. The summed E-state index contributed by atoms with van der Waals surface area (Å²) in [6.07, 6.45) is 7.17. The summed E-state index contributed by atoms with van der Waals surface area (Å²) in [5.74, 6) is 3.04. The molecule has 0 aliphatic heterocycles. The maximum Gasteiger partial charge on any atom is 0.230 e. The smallest absolute Gasteiger partial charge is 0.230 e. The van der Waals surface area contributed by atoms with Gasteiger partial charge in [0.1, 0.15) is 11.5 Å². The highest BCUT2D eigenvalue weighted by atomic mass is 16.5. The molecule has 5 rings (SSSR count). The maximum atomic E-state index is 14.1. The highest BCUT2D eigenvalue weighted by molar-refractivity contribution is 5.95. The fraction of sp³-hybridized carbons (Fsp3) is 0.472. The van der Waals surface area contributed by atoms with E-state index in [0.717, 1.165) is 78.9 Å². The topological polar surface area (TPSA) is 59.0 Å². The fourth-order valence-electron chi connectivity index (χ4n) is 6.87. The number of anilines is 1. The number of aliphatic hydroxyl groups is 1. The molecule has 2 aliphatic carbocycles. The summed E-state index contributed by atoms with van der Waals surface area (Å²) in [6, 6.07) is 21.3. The molecule has 2 aliphatic rings. The van der Waals surface area contributed by atoms with Gasteiger partial charge in [-0.3, -0.25) is 4.79 Å². The van der Waals surface area contributed by atoms with Crippen molar-refractivity contribution in [3.8, 4) is 22.6 Å². The highest BCUT2D eigenvalue weighted by Gasteiger charge is 2.32. The summed E-state index contributed by atoms with van der Waals surface area (Å²) >= 11 is 0. The number of nitrogens with zero attached hydrogens (tertiary/aromatic N) is 1. The lowest BCUT2D eigenvalue weighted by Crippen LogP contribution is -2.41. The van der Waals surface area contributed by atoms with Crippen LogP contribution < -0.4 is 14.4 Å². The Kier molecular flexibility index (Phi) is 9.34. The molecular formula is C36H45NO4. The highest BCUT2D eigenvalue weighted by Crippen LogP contribution is 2.39. The third kappa shape index (κ3) is 6.78. The number of rotatable bonds is 8. The Morgan fingerprint density at radius 3 is 2.05 bits per heavy atom. The molecule has 5 heteroatoms. The number of benzene rings is 3. The van der Waals surface area contributed by atoms with E-state index in [1.54, 1.807) is 14.2 Å². The molecule has 1 amide bonds. The van der Waals surface area contributed by atoms with E-state index < -0.39 is 0 Å². The summed E-state index contributed by atoms with van der Waals surface area (Å²) in [6.45, 7) is 4.92. The predicted octanol–water partition coefficient (Wildman–Crippen LogP) is 7.85. The number of aryl methyl sites for hydroxylation is 2. The van der Waals surface area contributed by atoms with Gasteiger partial charge in [0, 0.05) is 18.2 Å². The van der Waals surface area contributed by atoms with Gasteiger partial charge < -0.3 is 19.5 Å². The average molecular weight is 556 g/mol. The Labute approximate surface area is 245 Å². The molecule has 218 valence electrons. The molecule has 1 N–H and O–H groups in total. The Hall–Kier alpha value is -3.31. The molecule has 0 spiro atoms. The van der Waals surface area contributed by atoms with Crippen LogP contribution in [0.1, 0.15) is 74.0 Å². The summed E-state index contributed by atoms with van der Waals surface area (Å²) in [7, 11) is 3.42. The van der Waals surface area contributed by atoms with Crippen LogP contribution in [0.4, 0.5) is 5.69 Å². The molecular weight excluding hydrogens is 510 g/mol. The van der Waals surface area contributed by atoms with Crippen molar-refractivity contribution in [2.75, 3.05) is 25.7 Å². The first-order valence-corrected chi connectivity index (χ1v) is 15.2. The van der Waals surface area contributed by atoms with E-state index in [1.165, 1.54) is 11.1 Å². The van der Waals surface area contributed by atoms with Crippen molar-refractivity contribution in [2.45, 2.75) is 77.2 Å². The zero-order valence-corrected chi connectivity index (χ0v) is 25.1. The van der Waals surface area contributed by atoms with Crippen molar-refractivity contribution in [2.24, 2.45) is 11.8 Å². The van der Waals surface area contributed by atoms with Gasteiger partial charge in [0.05, 0.1) is 20.3 Å². The number of aliphatic hydroxyl groups excluding tert-OH is 1. The summed E-state index contributed by atoms with van der Waals surface area (Å²) in [4.78, 5) is 16.1. The van der Waals surface area contributed by atoms with Crippen molar-refractivity contribution in [1.82, 2.24) is 0 Å². The van der Waals surface area contributed by atoms with Crippen LogP contribution >= 0.6 is 0 Å². The van der Waals surface area contributed by atoms with E-state index in [9.17, 15) is 9.90 Å². The zero-order valence-electron chi connectivity index (χ0n) is 25.1. The normalized spacial score (nSPS) is 22.7. The van der Waals surface area contributed by atoms with Gasteiger partial charge in [-0.05, 0) is 135 Å². The molecule has 41 heavy (non-hydrogen) atoms. The van der Waals surface area contributed by atoms with Crippen molar-refractivity contribution < 1.29 is 19.4 Å². The van der Waals surface area contributed by atoms with E-state index in [2.05, 4.69) is 73.3 Å². The molecule has 0 heterocycles. The van der Waals surface area contributed by atoms with E-state index >= 15 is 0 Å². The van der Waals surface area contributed by atoms with Gasteiger partial charge >= 0.3 is 0 Å². The molecule has 0 radical (unpaired) electrons. The minimum Gasteiger partial charge on any atom is -0.496 e. The molecule has 0 atom stereocenters. The molecule has 3 aromatic rings. The fourth-order valence-corrected chi connectivity index (χ4v) is 6.87. The van der Waals surface area contributed by atoms with Gasteiger partial charge in [-0.15, -0.1) is 0 Å². The molecule has 0 saturated heterocycles.